The lowest BCUT2D eigenvalue weighted by Gasteiger charge is -2.38. The summed E-state index contributed by atoms with van der Waals surface area (Å²) in [6.07, 6.45) is 3.04. The zero-order valence-corrected chi connectivity index (χ0v) is 13.0. The Hall–Kier alpha value is -0.193. The average Bonchev–Trinajstić information content (AvgIpc) is 2.65. The summed E-state index contributed by atoms with van der Waals surface area (Å²) in [6.45, 7) is 13.6. The Morgan fingerprint density at radius 3 is 2.44 bits per heavy atom. The van der Waals surface area contributed by atoms with Crippen molar-refractivity contribution in [3.8, 4) is 0 Å². The summed E-state index contributed by atoms with van der Waals surface area (Å²) in [5.74, 6) is 0. The van der Waals surface area contributed by atoms with Crippen molar-refractivity contribution in [1.29, 1.82) is 0 Å². The second kappa shape index (κ2) is 4.98. The second-order valence-electron chi connectivity index (χ2n) is 5.65. The fraction of sp³-hybridized carbons (Fsp3) is 0.750. The first-order valence-corrected chi connectivity index (χ1v) is 9.64. The van der Waals surface area contributed by atoms with Gasteiger partial charge in [-0.1, -0.05) is 27.7 Å². The molecule has 0 fully saturated rings. The molecule has 1 aromatic rings. The molecule has 0 bridgehead atoms. The highest BCUT2D eigenvalue weighted by Crippen LogP contribution is 2.40. The fourth-order valence-corrected chi connectivity index (χ4v) is 3.41. The van der Waals surface area contributed by atoms with Gasteiger partial charge in [-0.25, -0.2) is 4.98 Å². The molecule has 1 atom stereocenters. The lowest BCUT2D eigenvalue weighted by molar-refractivity contribution is 0.179. The van der Waals surface area contributed by atoms with E-state index >= 15 is 0 Å². The quantitative estimate of drug-likeness (QED) is 0.735. The minimum Gasteiger partial charge on any atom is -0.408 e. The van der Waals surface area contributed by atoms with Gasteiger partial charge >= 0.3 is 0 Å². The van der Waals surface area contributed by atoms with E-state index in [2.05, 4.69) is 45.8 Å². The Morgan fingerprint density at radius 1 is 1.44 bits per heavy atom. The van der Waals surface area contributed by atoms with E-state index < -0.39 is 8.32 Å². The molecular weight excluding hydrogens is 234 g/mol. The maximum atomic E-state index is 6.38. The minimum absolute atomic E-state index is 0.181. The molecule has 0 N–H and O–H groups in total. The van der Waals surface area contributed by atoms with E-state index in [4.69, 9.17) is 4.43 Å². The number of nitrogens with zero attached hydrogens (tertiary/aromatic N) is 1. The topological polar surface area (TPSA) is 22.1 Å². The molecule has 0 amide bonds. The van der Waals surface area contributed by atoms with Crippen LogP contribution in [0, 0.1) is 0 Å². The molecule has 92 valence electrons. The van der Waals surface area contributed by atoms with Crippen LogP contribution in [-0.4, -0.2) is 13.3 Å². The van der Waals surface area contributed by atoms with E-state index in [1.807, 2.05) is 11.6 Å². The maximum Gasteiger partial charge on any atom is 0.193 e. The molecule has 0 radical (unpaired) electrons. The lowest BCUT2D eigenvalue weighted by atomic mass is 10.2. The molecule has 16 heavy (non-hydrogen) atoms. The second-order valence-corrected chi connectivity index (χ2v) is 11.3. The van der Waals surface area contributed by atoms with Gasteiger partial charge in [0.05, 0.1) is 6.10 Å². The van der Waals surface area contributed by atoms with Gasteiger partial charge in [-0.05, 0) is 24.6 Å². The summed E-state index contributed by atoms with van der Waals surface area (Å²) in [4.78, 5) is 4.37. The standard InChI is InChI=1S/C12H23NOSSi/c1-7-10(11-13-8-9-15-11)14-16(5,6)12(2,3)4/h8-10H,7H2,1-6H3/t10-/m1/s1. The van der Waals surface area contributed by atoms with Gasteiger partial charge in [0, 0.05) is 11.6 Å². The van der Waals surface area contributed by atoms with Crippen LogP contribution in [0.15, 0.2) is 11.6 Å². The predicted molar refractivity (Wildman–Crippen MR) is 73.4 cm³/mol. The van der Waals surface area contributed by atoms with Crippen molar-refractivity contribution in [3.63, 3.8) is 0 Å². The van der Waals surface area contributed by atoms with E-state index in [0.717, 1.165) is 11.4 Å². The Balaban J connectivity index is 2.79. The summed E-state index contributed by atoms with van der Waals surface area (Å²) < 4.78 is 6.38. The third-order valence-corrected chi connectivity index (χ3v) is 8.69. The van der Waals surface area contributed by atoms with Crippen molar-refractivity contribution in [2.45, 2.75) is 58.4 Å². The van der Waals surface area contributed by atoms with Crippen LogP contribution in [-0.2, 0) is 4.43 Å². The van der Waals surface area contributed by atoms with Crippen molar-refractivity contribution >= 4 is 19.7 Å². The minimum atomic E-state index is -1.68. The molecule has 0 aliphatic heterocycles. The number of rotatable bonds is 4. The van der Waals surface area contributed by atoms with Crippen molar-refractivity contribution in [1.82, 2.24) is 4.98 Å². The summed E-state index contributed by atoms with van der Waals surface area (Å²) in [7, 11) is -1.68. The zero-order chi connectivity index (χ0) is 12.4. The van der Waals surface area contributed by atoms with E-state index in [-0.39, 0.29) is 11.1 Å². The Kier molecular flexibility index (Phi) is 4.32. The summed E-state index contributed by atoms with van der Waals surface area (Å²) >= 11 is 1.69. The molecule has 0 spiro atoms. The monoisotopic (exact) mass is 257 g/mol. The summed E-state index contributed by atoms with van der Waals surface area (Å²) in [5.41, 5.74) is 0. The molecule has 0 unspecified atom stereocenters. The first-order chi connectivity index (χ1) is 7.28. The molecule has 1 rings (SSSR count). The van der Waals surface area contributed by atoms with Crippen LogP contribution < -0.4 is 0 Å². The van der Waals surface area contributed by atoms with Crippen molar-refractivity contribution in [2.24, 2.45) is 0 Å². The molecule has 4 heteroatoms. The molecule has 0 saturated carbocycles. The largest absolute Gasteiger partial charge is 0.408 e. The molecule has 0 saturated heterocycles. The highest BCUT2D eigenvalue weighted by molar-refractivity contribution is 7.09. The molecular formula is C12H23NOSSi. The molecule has 1 heterocycles. The maximum absolute atomic E-state index is 6.38. The summed E-state index contributed by atoms with van der Waals surface area (Å²) in [5, 5.41) is 3.40. The van der Waals surface area contributed by atoms with Crippen molar-refractivity contribution < 1.29 is 4.43 Å². The number of hydrogen-bond acceptors (Lipinski definition) is 3. The molecule has 0 aromatic carbocycles. The summed E-state index contributed by atoms with van der Waals surface area (Å²) in [6, 6.07) is 0. The highest BCUT2D eigenvalue weighted by Gasteiger charge is 2.39. The predicted octanol–water partition coefficient (Wildman–Crippen LogP) is 4.62. The Morgan fingerprint density at radius 2 is 2.06 bits per heavy atom. The highest BCUT2D eigenvalue weighted by atomic mass is 32.1. The van der Waals surface area contributed by atoms with Gasteiger partial charge in [-0.15, -0.1) is 11.3 Å². The third-order valence-electron chi connectivity index (χ3n) is 3.34. The normalized spacial score (nSPS) is 15.1. The van der Waals surface area contributed by atoms with Crippen LogP contribution in [0.4, 0.5) is 0 Å². The SMILES string of the molecule is CC[C@@H](O[Si](C)(C)C(C)(C)C)c1nccs1. The third kappa shape index (κ3) is 3.15. The molecule has 0 aliphatic carbocycles. The van der Waals surface area contributed by atoms with Crippen LogP contribution in [0.3, 0.4) is 0 Å². The number of thiazole rings is 1. The smallest absolute Gasteiger partial charge is 0.193 e. The van der Waals surface area contributed by atoms with E-state index in [1.165, 1.54) is 0 Å². The van der Waals surface area contributed by atoms with E-state index in [1.54, 1.807) is 11.3 Å². The van der Waals surface area contributed by atoms with Crippen LogP contribution in [0.5, 0.6) is 0 Å². The van der Waals surface area contributed by atoms with Crippen LogP contribution in [0.25, 0.3) is 0 Å². The van der Waals surface area contributed by atoms with Crippen LogP contribution in [0.1, 0.15) is 45.2 Å². The van der Waals surface area contributed by atoms with Crippen LogP contribution in [0.2, 0.25) is 18.1 Å². The first-order valence-electron chi connectivity index (χ1n) is 5.85. The van der Waals surface area contributed by atoms with Gasteiger partial charge in [0.2, 0.25) is 0 Å². The van der Waals surface area contributed by atoms with E-state index in [0.29, 0.717) is 0 Å². The van der Waals surface area contributed by atoms with Crippen LogP contribution >= 0.6 is 11.3 Å². The Labute approximate surface area is 104 Å². The number of aromatic nitrogens is 1. The van der Waals surface area contributed by atoms with Gasteiger partial charge in [-0.2, -0.15) is 0 Å². The lowest BCUT2D eigenvalue weighted by Crippen LogP contribution is -2.41. The first kappa shape index (κ1) is 13.9. The molecule has 0 aliphatic rings. The average molecular weight is 257 g/mol. The zero-order valence-electron chi connectivity index (χ0n) is 11.2. The van der Waals surface area contributed by atoms with Gasteiger partial charge in [0.15, 0.2) is 8.32 Å². The molecule has 1 aromatic heterocycles. The van der Waals surface area contributed by atoms with Gasteiger partial charge in [0.1, 0.15) is 5.01 Å². The van der Waals surface area contributed by atoms with Crippen molar-refractivity contribution in [2.75, 3.05) is 0 Å². The van der Waals surface area contributed by atoms with Gasteiger partial charge in [-0.3, -0.25) is 0 Å². The Bertz CT molecular complexity index is 316. The van der Waals surface area contributed by atoms with Gasteiger partial charge in [0.25, 0.3) is 0 Å². The van der Waals surface area contributed by atoms with E-state index in [9.17, 15) is 0 Å². The molecule has 2 nitrogen and oxygen atoms in total. The van der Waals surface area contributed by atoms with Gasteiger partial charge < -0.3 is 4.43 Å². The number of hydrogen-bond donors (Lipinski definition) is 0. The fourth-order valence-electron chi connectivity index (χ4n) is 1.23. The van der Waals surface area contributed by atoms with Crippen molar-refractivity contribution in [3.05, 3.63) is 16.6 Å².